The zero-order valence-corrected chi connectivity index (χ0v) is 30.9. The molecule has 0 aromatic heterocycles. The van der Waals surface area contributed by atoms with E-state index in [1.165, 1.54) is 26.2 Å². The number of hydrogen-bond acceptors (Lipinski definition) is 8. The SMILES string of the molecule is CC.CC=O.CO[C@H]1CC2C3CCC4[C@H](C)C(=O)C=CC45CC35CC[C@]2(C)[C@H]1CC(O)C1=C(CN(C)OC(=O)c2ccccc2)C(C)CO1. The van der Waals surface area contributed by atoms with Crippen molar-refractivity contribution in [1.82, 2.24) is 5.06 Å². The van der Waals surface area contributed by atoms with Gasteiger partial charge in [-0.05, 0) is 116 Å². The van der Waals surface area contributed by atoms with E-state index in [1.54, 1.807) is 24.2 Å². The Kier molecular flexibility index (Phi) is 11.3. The normalized spacial score (nSPS) is 38.7. The number of allylic oxidation sites excluding steroid dienone is 2. The summed E-state index contributed by atoms with van der Waals surface area (Å²) >= 11 is 0. The van der Waals surface area contributed by atoms with Gasteiger partial charge < -0.3 is 24.2 Å². The molecule has 8 heteroatoms. The van der Waals surface area contributed by atoms with Gasteiger partial charge in [0.15, 0.2) is 5.78 Å². The lowest BCUT2D eigenvalue weighted by Gasteiger charge is -2.55. The topological polar surface area (TPSA) is 102 Å². The molecule has 0 amide bonds. The van der Waals surface area contributed by atoms with Crippen LogP contribution in [0.1, 0.15) is 96.8 Å². The van der Waals surface area contributed by atoms with Crippen LogP contribution in [0.4, 0.5) is 0 Å². The molecule has 0 bridgehead atoms. The summed E-state index contributed by atoms with van der Waals surface area (Å²) in [5.41, 5.74) is 2.12. The second-order valence-electron chi connectivity index (χ2n) is 15.5. The van der Waals surface area contributed by atoms with Gasteiger partial charge in [-0.3, -0.25) is 4.79 Å². The van der Waals surface area contributed by atoms with E-state index in [1.807, 2.05) is 45.2 Å². The Bertz CT molecular complexity index is 1420. The highest BCUT2D eigenvalue weighted by Crippen LogP contribution is 2.84. The minimum absolute atomic E-state index is 0.0843. The molecule has 0 saturated heterocycles. The molecule has 11 atom stereocenters. The van der Waals surface area contributed by atoms with E-state index < -0.39 is 12.1 Å². The average Bonchev–Trinajstić information content (AvgIpc) is 3.51. The number of hydroxylamine groups is 2. The van der Waals surface area contributed by atoms with Crippen molar-refractivity contribution in [2.24, 2.45) is 51.8 Å². The number of fused-ring (bicyclic) bond motifs is 2. The van der Waals surface area contributed by atoms with Gasteiger partial charge in [0.05, 0.1) is 24.8 Å². The maximum atomic E-state index is 12.6. The number of aldehydes is 1. The number of methoxy groups -OCH3 is 1. The molecule has 8 nitrogen and oxygen atoms in total. The first-order chi connectivity index (χ1) is 23.5. The monoisotopic (exact) mass is 677 g/mol. The molecule has 2 spiro atoms. The second-order valence-corrected chi connectivity index (χ2v) is 15.5. The highest BCUT2D eigenvalue weighted by Gasteiger charge is 2.78. The summed E-state index contributed by atoms with van der Waals surface area (Å²) in [6.45, 7) is 13.1. The molecule has 0 radical (unpaired) electrons. The second kappa shape index (κ2) is 14.8. The quantitative estimate of drug-likeness (QED) is 0.227. The van der Waals surface area contributed by atoms with E-state index in [0.29, 0.717) is 59.8 Å². The Labute approximate surface area is 293 Å². The summed E-state index contributed by atoms with van der Waals surface area (Å²) in [6, 6.07) is 8.98. The van der Waals surface area contributed by atoms with Crippen LogP contribution in [-0.2, 0) is 23.9 Å². The van der Waals surface area contributed by atoms with Crippen molar-refractivity contribution in [3.63, 3.8) is 0 Å². The van der Waals surface area contributed by atoms with E-state index in [0.717, 1.165) is 31.1 Å². The van der Waals surface area contributed by atoms with Gasteiger partial charge >= 0.3 is 5.97 Å². The molecular weight excluding hydrogens is 618 g/mol. The van der Waals surface area contributed by atoms with Crippen LogP contribution in [0.3, 0.4) is 0 Å². The van der Waals surface area contributed by atoms with Gasteiger partial charge in [-0.2, -0.15) is 0 Å². The number of benzene rings is 1. The Morgan fingerprint density at radius 2 is 1.80 bits per heavy atom. The zero-order valence-electron chi connectivity index (χ0n) is 30.9. The zero-order chi connectivity index (χ0) is 35.7. The Hall–Kier alpha value is -2.81. The molecule has 7 unspecified atom stereocenters. The average molecular weight is 678 g/mol. The number of ether oxygens (including phenoxy) is 2. The van der Waals surface area contributed by atoms with E-state index in [-0.39, 0.29) is 34.7 Å². The highest BCUT2D eigenvalue weighted by atomic mass is 16.7. The molecule has 7 rings (SSSR count). The van der Waals surface area contributed by atoms with Crippen LogP contribution in [-0.4, -0.2) is 67.7 Å². The summed E-state index contributed by atoms with van der Waals surface area (Å²) in [4.78, 5) is 39.6. The van der Waals surface area contributed by atoms with Crippen molar-refractivity contribution in [3.05, 3.63) is 59.4 Å². The summed E-state index contributed by atoms with van der Waals surface area (Å²) in [5, 5.41) is 13.3. The largest absolute Gasteiger partial charge is 0.495 e. The number of likely N-dealkylation sites (N-methyl/N-ethyl adjacent to an activating group) is 1. The molecule has 1 aliphatic heterocycles. The number of hydrogen-bond donors (Lipinski definition) is 1. The highest BCUT2D eigenvalue weighted by molar-refractivity contribution is 5.93. The third kappa shape index (κ3) is 6.35. The lowest BCUT2D eigenvalue weighted by molar-refractivity contribution is -0.123. The number of aliphatic hydroxyl groups excluding tert-OH is 1. The van der Waals surface area contributed by atoms with Crippen molar-refractivity contribution in [2.75, 3.05) is 27.3 Å². The van der Waals surface area contributed by atoms with Crippen LogP contribution >= 0.6 is 0 Å². The molecule has 270 valence electrons. The fraction of sp³-hybridized carbons (Fsp3) is 0.683. The number of rotatable bonds is 8. The van der Waals surface area contributed by atoms with E-state index in [2.05, 4.69) is 26.8 Å². The summed E-state index contributed by atoms with van der Waals surface area (Å²) in [7, 11) is 3.59. The van der Waals surface area contributed by atoms with Crippen molar-refractivity contribution in [1.29, 1.82) is 0 Å². The summed E-state index contributed by atoms with van der Waals surface area (Å²) in [5.74, 6) is 2.74. The Morgan fingerprint density at radius 3 is 2.47 bits per heavy atom. The first-order valence-electron chi connectivity index (χ1n) is 18.6. The third-order valence-electron chi connectivity index (χ3n) is 13.5. The van der Waals surface area contributed by atoms with Gasteiger partial charge in [0.1, 0.15) is 18.1 Å². The maximum absolute atomic E-state index is 12.6. The smallest absolute Gasteiger partial charge is 0.357 e. The molecule has 6 aliphatic rings. The number of ketones is 1. The lowest BCUT2D eigenvalue weighted by atomic mass is 9.49. The van der Waals surface area contributed by atoms with Crippen molar-refractivity contribution in [3.8, 4) is 0 Å². The third-order valence-corrected chi connectivity index (χ3v) is 13.5. The first kappa shape index (κ1) is 37.4. The minimum Gasteiger partial charge on any atom is -0.495 e. The van der Waals surface area contributed by atoms with E-state index in [9.17, 15) is 14.7 Å². The molecule has 4 saturated carbocycles. The molecule has 5 aliphatic carbocycles. The number of carbonyl (C=O) groups is 3. The minimum atomic E-state index is -0.738. The van der Waals surface area contributed by atoms with Crippen molar-refractivity contribution >= 4 is 18.0 Å². The van der Waals surface area contributed by atoms with Crippen LogP contribution < -0.4 is 0 Å². The fourth-order valence-corrected chi connectivity index (χ4v) is 11.2. The van der Waals surface area contributed by atoms with Crippen LogP contribution in [0.15, 0.2) is 53.8 Å². The maximum Gasteiger partial charge on any atom is 0.357 e. The summed E-state index contributed by atoms with van der Waals surface area (Å²) < 4.78 is 12.4. The predicted octanol–water partition coefficient (Wildman–Crippen LogP) is 7.22. The number of nitrogens with zero attached hydrogens (tertiary/aromatic N) is 1. The van der Waals surface area contributed by atoms with Crippen LogP contribution in [0, 0.1) is 51.8 Å². The van der Waals surface area contributed by atoms with Gasteiger partial charge in [-0.15, -0.1) is 5.06 Å². The Morgan fingerprint density at radius 1 is 1.12 bits per heavy atom. The Balaban J connectivity index is 0.000000889. The van der Waals surface area contributed by atoms with Gasteiger partial charge in [-0.25, -0.2) is 4.79 Å². The fourth-order valence-electron chi connectivity index (χ4n) is 11.2. The molecule has 1 aromatic carbocycles. The first-order valence-corrected chi connectivity index (χ1v) is 18.6. The van der Waals surface area contributed by atoms with E-state index in [4.69, 9.17) is 19.1 Å². The number of carbonyl (C=O) groups excluding carboxylic acids is 3. The van der Waals surface area contributed by atoms with Crippen molar-refractivity contribution < 1.29 is 33.8 Å². The van der Waals surface area contributed by atoms with Gasteiger partial charge in [0.2, 0.25) is 0 Å². The van der Waals surface area contributed by atoms with Gasteiger partial charge in [-0.1, -0.05) is 58.9 Å². The predicted molar refractivity (Wildman–Crippen MR) is 189 cm³/mol. The van der Waals surface area contributed by atoms with Crippen LogP contribution in [0.2, 0.25) is 0 Å². The summed E-state index contributed by atoms with van der Waals surface area (Å²) in [6.07, 6.45) is 11.9. The molecular formula is C41H59NO7. The van der Waals surface area contributed by atoms with Crippen LogP contribution in [0.5, 0.6) is 0 Å². The van der Waals surface area contributed by atoms with Gasteiger partial charge in [0.25, 0.3) is 0 Å². The molecule has 49 heavy (non-hydrogen) atoms. The molecule has 1 N–H and O–H groups in total. The van der Waals surface area contributed by atoms with Crippen LogP contribution in [0.25, 0.3) is 0 Å². The van der Waals surface area contributed by atoms with Gasteiger partial charge in [0, 0.05) is 26.0 Å². The lowest BCUT2D eigenvalue weighted by Crippen LogP contribution is -2.49. The molecule has 1 aromatic rings. The standard InChI is InChI=1S/C37H49NO6.C2H4O.C2H6/c1-22-20-43-33(25(22)19-38(4)44-34(41)24-9-7-6-8-10-24)31(40)17-29-32(42-5)18-28-27-12-11-26-23(2)30(39)13-14-36(26)21-37(27,36)16-15-35(28,29)3;1-2-3;1-2/h6-10,13-14,22-23,26-29,31-32,40H,11-12,15-21H2,1-5H3;2H,1H3;1-2H3/t22?,23-,26?,27?,28?,29-,31?,32-,35-,36?,37?;;/m0../s1. The van der Waals surface area contributed by atoms with E-state index >= 15 is 0 Å². The molecule has 1 heterocycles. The van der Waals surface area contributed by atoms with Crippen molar-refractivity contribution in [2.45, 2.75) is 98.7 Å². The number of aliphatic hydroxyl groups is 1. The molecule has 4 fully saturated rings.